The minimum absolute atomic E-state index is 0.217. The van der Waals surface area contributed by atoms with Crippen LogP contribution in [0.2, 0.25) is 0 Å². The van der Waals surface area contributed by atoms with E-state index in [4.69, 9.17) is 11.6 Å². The Kier molecular flexibility index (Phi) is 3.83. The van der Waals surface area contributed by atoms with Crippen molar-refractivity contribution in [1.29, 1.82) is 0 Å². The quantitative estimate of drug-likeness (QED) is 0.724. The molecule has 1 fully saturated rings. The van der Waals surface area contributed by atoms with Crippen LogP contribution in [0.4, 0.5) is 0 Å². The summed E-state index contributed by atoms with van der Waals surface area (Å²) in [4.78, 5) is 13.9. The Morgan fingerprint density at radius 3 is 2.50 bits per heavy atom. The number of likely N-dealkylation sites (tertiary alicyclic amines) is 1. The molecule has 1 aliphatic rings. The number of benzene rings is 1. The fourth-order valence-corrected chi connectivity index (χ4v) is 2.17. The summed E-state index contributed by atoms with van der Waals surface area (Å²) in [6, 6.07) is 9.88. The van der Waals surface area contributed by atoms with Crippen LogP contribution in [-0.2, 0) is 11.2 Å². The molecule has 1 aliphatic heterocycles. The zero-order valence-corrected chi connectivity index (χ0v) is 9.99. The Labute approximate surface area is 101 Å². The monoisotopic (exact) mass is 237 g/mol. The smallest absolute Gasteiger partial charge is 0.226 e. The fourth-order valence-electron chi connectivity index (χ4n) is 1.98. The Balaban J connectivity index is 1.89. The summed E-state index contributed by atoms with van der Waals surface area (Å²) in [6.07, 6.45) is 2.35. The van der Waals surface area contributed by atoms with Crippen molar-refractivity contribution >= 4 is 17.5 Å². The Morgan fingerprint density at radius 1 is 1.25 bits per heavy atom. The number of halogens is 1. The van der Waals surface area contributed by atoms with E-state index < -0.39 is 0 Å². The van der Waals surface area contributed by atoms with Crippen molar-refractivity contribution in [2.45, 2.75) is 24.6 Å². The van der Waals surface area contributed by atoms with Crippen molar-refractivity contribution in [2.75, 3.05) is 13.1 Å². The molecule has 0 saturated carbocycles. The van der Waals surface area contributed by atoms with Crippen molar-refractivity contribution in [3.63, 3.8) is 0 Å². The first-order chi connectivity index (χ1) is 7.75. The van der Waals surface area contributed by atoms with Crippen LogP contribution in [0.25, 0.3) is 0 Å². The maximum Gasteiger partial charge on any atom is 0.226 e. The van der Waals surface area contributed by atoms with E-state index in [0.717, 1.165) is 31.5 Å². The Hall–Kier alpha value is -1.02. The van der Waals surface area contributed by atoms with Crippen molar-refractivity contribution < 1.29 is 4.79 Å². The maximum absolute atomic E-state index is 12.0. The van der Waals surface area contributed by atoms with Crippen LogP contribution in [0.5, 0.6) is 0 Å². The normalized spacial score (nSPS) is 17.4. The molecule has 1 amide bonds. The molecule has 0 aromatic heterocycles. The van der Waals surface area contributed by atoms with E-state index in [1.165, 1.54) is 0 Å². The lowest BCUT2D eigenvalue weighted by atomic mass is 10.1. The predicted octanol–water partition coefficient (Wildman–Crippen LogP) is 2.46. The number of piperidine rings is 1. The topological polar surface area (TPSA) is 20.3 Å². The van der Waals surface area contributed by atoms with Gasteiger partial charge in [0.1, 0.15) is 0 Å². The molecule has 2 rings (SSSR count). The predicted molar refractivity (Wildman–Crippen MR) is 65.6 cm³/mol. The van der Waals surface area contributed by atoms with E-state index in [9.17, 15) is 4.79 Å². The van der Waals surface area contributed by atoms with E-state index in [2.05, 4.69) is 0 Å². The molecule has 0 atom stereocenters. The first-order valence-corrected chi connectivity index (χ1v) is 6.15. The van der Waals surface area contributed by atoms with Crippen molar-refractivity contribution in [3.05, 3.63) is 35.9 Å². The van der Waals surface area contributed by atoms with Crippen LogP contribution < -0.4 is 0 Å². The zero-order valence-electron chi connectivity index (χ0n) is 9.23. The van der Waals surface area contributed by atoms with E-state index >= 15 is 0 Å². The lowest BCUT2D eigenvalue weighted by Crippen LogP contribution is -2.39. The van der Waals surface area contributed by atoms with Crippen molar-refractivity contribution in [2.24, 2.45) is 0 Å². The first-order valence-electron chi connectivity index (χ1n) is 5.71. The molecule has 86 valence electrons. The van der Waals surface area contributed by atoms with Crippen molar-refractivity contribution in [1.82, 2.24) is 4.90 Å². The van der Waals surface area contributed by atoms with Gasteiger partial charge in [-0.1, -0.05) is 30.3 Å². The van der Waals surface area contributed by atoms with Gasteiger partial charge >= 0.3 is 0 Å². The molecule has 1 heterocycles. The van der Waals surface area contributed by atoms with Crippen molar-refractivity contribution in [3.8, 4) is 0 Å². The van der Waals surface area contributed by atoms with Crippen LogP contribution in [-0.4, -0.2) is 29.3 Å². The fraction of sp³-hybridized carbons (Fsp3) is 0.462. The van der Waals surface area contributed by atoms with Crippen LogP contribution in [0.15, 0.2) is 30.3 Å². The average molecular weight is 238 g/mol. The minimum atomic E-state index is 0.217. The van der Waals surface area contributed by atoms with Gasteiger partial charge in [-0.25, -0.2) is 0 Å². The molecule has 1 aromatic carbocycles. The van der Waals surface area contributed by atoms with Gasteiger partial charge in [0.05, 0.1) is 6.42 Å². The minimum Gasteiger partial charge on any atom is -0.342 e. The van der Waals surface area contributed by atoms with Crippen LogP contribution >= 0.6 is 11.6 Å². The molecule has 0 unspecified atom stereocenters. The third-order valence-corrected chi connectivity index (χ3v) is 3.41. The highest BCUT2D eigenvalue weighted by Gasteiger charge is 2.20. The van der Waals surface area contributed by atoms with Gasteiger partial charge in [0.2, 0.25) is 5.91 Å². The highest BCUT2D eigenvalue weighted by atomic mass is 35.5. The number of hydrogen-bond donors (Lipinski definition) is 0. The number of alkyl halides is 1. The van der Waals surface area contributed by atoms with Crippen LogP contribution in [0, 0.1) is 0 Å². The van der Waals surface area contributed by atoms with Gasteiger partial charge in [0.15, 0.2) is 0 Å². The Morgan fingerprint density at radius 2 is 1.88 bits per heavy atom. The van der Waals surface area contributed by atoms with Gasteiger partial charge in [0, 0.05) is 18.5 Å². The number of hydrogen-bond acceptors (Lipinski definition) is 1. The highest BCUT2D eigenvalue weighted by molar-refractivity contribution is 6.20. The van der Waals surface area contributed by atoms with E-state index in [0.29, 0.717) is 6.42 Å². The number of carbonyl (C=O) groups is 1. The highest BCUT2D eigenvalue weighted by Crippen LogP contribution is 2.16. The van der Waals surface area contributed by atoms with E-state index in [1.54, 1.807) is 0 Å². The van der Waals surface area contributed by atoms with E-state index in [-0.39, 0.29) is 11.3 Å². The summed E-state index contributed by atoms with van der Waals surface area (Å²) in [5.41, 5.74) is 1.08. The molecule has 0 N–H and O–H groups in total. The third-order valence-electron chi connectivity index (χ3n) is 2.98. The van der Waals surface area contributed by atoms with Gasteiger partial charge in [0.25, 0.3) is 0 Å². The average Bonchev–Trinajstić information content (AvgIpc) is 2.31. The first kappa shape index (κ1) is 11.5. The molecule has 3 heteroatoms. The summed E-state index contributed by atoms with van der Waals surface area (Å²) < 4.78 is 0. The summed E-state index contributed by atoms with van der Waals surface area (Å²) in [7, 11) is 0. The lowest BCUT2D eigenvalue weighted by molar-refractivity contribution is -0.131. The Bertz CT molecular complexity index is 344. The van der Waals surface area contributed by atoms with Gasteiger partial charge in [-0.05, 0) is 18.4 Å². The number of amides is 1. The SMILES string of the molecule is O=C(Cc1ccccc1)N1CCC(Cl)CC1. The molecule has 1 aromatic rings. The molecular weight excluding hydrogens is 222 g/mol. The summed E-state index contributed by atoms with van der Waals surface area (Å²) >= 11 is 6.01. The number of rotatable bonds is 2. The molecular formula is C13H16ClNO. The second kappa shape index (κ2) is 5.35. The molecule has 0 bridgehead atoms. The second-order valence-corrected chi connectivity index (χ2v) is 4.84. The van der Waals surface area contributed by atoms with Crippen LogP contribution in [0.3, 0.4) is 0 Å². The molecule has 16 heavy (non-hydrogen) atoms. The second-order valence-electron chi connectivity index (χ2n) is 4.22. The molecule has 2 nitrogen and oxygen atoms in total. The summed E-state index contributed by atoms with van der Waals surface area (Å²) in [5, 5.41) is 0.251. The molecule has 0 aliphatic carbocycles. The van der Waals surface area contributed by atoms with Gasteiger partial charge in [-0.2, -0.15) is 0 Å². The van der Waals surface area contributed by atoms with Gasteiger partial charge in [-0.3, -0.25) is 4.79 Å². The largest absolute Gasteiger partial charge is 0.342 e. The number of carbonyl (C=O) groups excluding carboxylic acids is 1. The summed E-state index contributed by atoms with van der Waals surface area (Å²) in [5.74, 6) is 0.217. The number of nitrogens with zero attached hydrogens (tertiary/aromatic N) is 1. The lowest BCUT2D eigenvalue weighted by Gasteiger charge is -2.29. The maximum atomic E-state index is 12.0. The third kappa shape index (κ3) is 2.99. The molecule has 0 radical (unpaired) electrons. The summed E-state index contributed by atoms with van der Waals surface area (Å²) in [6.45, 7) is 1.61. The van der Waals surface area contributed by atoms with Gasteiger partial charge in [-0.15, -0.1) is 11.6 Å². The molecule has 0 spiro atoms. The zero-order chi connectivity index (χ0) is 11.4. The van der Waals surface area contributed by atoms with E-state index in [1.807, 2.05) is 35.2 Å². The molecule has 1 saturated heterocycles. The van der Waals surface area contributed by atoms with Gasteiger partial charge < -0.3 is 4.90 Å². The standard InChI is InChI=1S/C13H16ClNO/c14-12-6-8-15(9-7-12)13(16)10-11-4-2-1-3-5-11/h1-5,12H,6-10H2. The van der Waals surface area contributed by atoms with Crippen LogP contribution in [0.1, 0.15) is 18.4 Å².